The first-order chi connectivity index (χ1) is 26.9. The van der Waals surface area contributed by atoms with E-state index in [9.17, 15) is 5.26 Å². The number of hydrogen-bond acceptors (Lipinski definition) is 5. The molecule has 2 saturated carbocycles. The highest BCUT2D eigenvalue weighted by Crippen LogP contribution is 2.54. The molecule has 268 valence electrons. The van der Waals surface area contributed by atoms with Gasteiger partial charge in [-0.05, 0) is 119 Å². The van der Waals surface area contributed by atoms with Crippen molar-refractivity contribution in [2.24, 2.45) is 17.8 Å². The van der Waals surface area contributed by atoms with Gasteiger partial charge in [-0.2, -0.15) is 5.26 Å². The van der Waals surface area contributed by atoms with Crippen LogP contribution in [-0.4, -0.2) is 19.9 Å². The van der Waals surface area contributed by atoms with E-state index in [0.29, 0.717) is 23.0 Å². The van der Waals surface area contributed by atoms with E-state index in [1.807, 2.05) is 97.3 Å². The third-order valence-electron chi connectivity index (χ3n) is 11.8. The summed E-state index contributed by atoms with van der Waals surface area (Å²) in [6.45, 7) is 4.91. The predicted molar refractivity (Wildman–Crippen MR) is 222 cm³/mol. The van der Waals surface area contributed by atoms with Crippen molar-refractivity contribution in [1.82, 2.24) is 19.9 Å². The van der Waals surface area contributed by atoms with Gasteiger partial charge in [0.15, 0.2) is 17.5 Å². The monoisotopic (exact) mass is 713 g/mol. The van der Waals surface area contributed by atoms with Crippen LogP contribution in [0.5, 0.6) is 0 Å². The highest BCUT2D eigenvalue weighted by Gasteiger charge is 2.45. The number of hydrogen-bond donors (Lipinski definition) is 0. The first-order valence-electron chi connectivity index (χ1n) is 19.5. The number of pyridine rings is 1. The zero-order valence-corrected chi connectivity index (χ0v) is 31.4. The van der Waals surface area contributed by atoms with Crippen LogP contribution in [0.2, 0.25) is 0 Å². The fraction of sp³-hybridized carbons (Fsp3) is 0.220. The van der Waals surface area contributed by atoms with E-state index in [1.165, 1.54) is 37.7 Å². The standard InChI is InChI=1S/C50H43N5/c1-33-21-36-22-34(2)28-50(27-33,29-36)46-19-17-37(18-20-46)41-23-42(45-26-44(31-52-32-45)38-15-13-35(30-51)14-16-38)25-43(24-41)49-54-47(39-9-5-3-6-10-39)53-48(55-49)40-11-7-4-8-12-40/h3-20,23-26,31-34,36H,21-22,27-29H2,1-2H3/t33-,34?,36-,50?/m0/s1. The van der Waals surface area contributed by atoms with Gasteiger partial charge in [0.25, 0.3) is 0 Å². The molecule has 55 heavy (non-hydrogen) atoms. The van der Waals surface area contributed by atoms with Gasteiger partial charge in [0, 0.05) is 40.2 Å². The summed E-state index contributed by atoms with van der Waals surface area (Å²) in [7, 11) is 0. The maximum atomic E-state index is 9.36. The maximum absolute atomic E-state index is 9.36. The Morgan fingerprint density at radius 3 is 1.51 bits per heavy atom. The summed E-state index contributed by atoms with van der Waals surface area (Å²) in [4.78, 5) is 19.9. The summed E-state index contributed by atoms with van der Waals surface area (Å²) in [6, 6.07) is 48.4. The van der Waals surface area contributed by atoms with Gasteiger partial charge < -0.3 is 0 Å². The predicted octanol–water partition coefficient (Wildman–Crippen LogP) is 12.2. The van der Waals surface area contributed by atoms with Crippen molar-refractivity contribution < 1.29 is 0 Å². The van der Waals surface area contributed by atoms with Crippen LogP contribution in [0.15, 0.2) is 146 Å². The fourth-order valence-electron chi connectivity index (χ4n) is 9.59. The highest BCUT2D eigenvalue weighted by molar-refractivity contribution is 5.82. The zero-order chi connectivity index (χ0) is 37.4. The van der Waals surface area contributed by atoms with Crippen molar-refractivity contribution in [3.05, 3.63) is 157 Å². The Hall–Kier alpha value is -6.25. The van der Waals surface area contributed by atoms with E-state index < -0.39 is 0 Å². The lowest BCUT2D eigenvalue weighted by Crippen LogP contribution is -2.42. The molecule has 2 bridgehead atoms. The number of nitrogens with zero attached hydrogens (tertiary/aromatic N) is 5. The summed E-state index contributed by atoms with van der Waals surface area (Å²) in [5, 5.41) is 9.36. The largest absolute Gasteiger partial charge is 0.263 e. The number of nitriles is 1. The van der Waals surface area contributed by atoms with Crippen LogP contribution in [0.3, 0.4) is 0 Å². The second-order valence-corrected chi connectivity index (χ2v) is 16.0. The molecule has 5 nitrogen and oxygen atoms in total. The van der Waals surface area contributed by atoms with E-state index in [2.05, 4.69) is 68.4 Å². The van der Waals surface area contributed by atoms with Gasteiger partial charge in [-0.15, -0.1) is 0 Å². The molecule has 0 aliphatic heterocycles. The highest BCUT2D eigenvalue weighted by atomic mass is 15.0. The molecule has 0 amide bonds. The molecule has 2 fully saturated rings. The van der Waals surface area contributed by atoms with Crippen LogP contribution in [0.25, 0.3) is 67.5 Å². The number of rotatable bonds is 7. The minimum absolute atomic E-state index is 0.273. The molecule has 2 aliphatic rings. The molecule has 2 heterocycles. The average molecular weight is 714 g/mol. The third kappa shape index (κ3) is 7.09. The van der Waals surface area contributed by atoms with Gasteiger partial charge in [-0.1, -0.05) is 111 Å². The summed E-state index contributed by atoms with van der Waals surface area (Å²) in [5.74, 6) is 4.24. The second-order valence-electron chi connectivity index (χ2n) is 16.0. The maximum Gasteiger partial charge on any atom is 0.164 e. The van der Waals surface area contributed by atoms with E-state index >= 15 is 0 Å². The quantitative estimate of drug-likeness (QED) is 0.164. The Kier molecular flexibility index (Phi) is 9.12. The Morgan fingerprint density at radius 2 is 0.945 bits per heavy atom. The molecule has 2 aromatic heterocycles. The molecule has 0 spiro atoms. The van der Waals surface area contributed by atoms with Crippen molar-refractivity contribution in [2.75, 3.05) is 0 Å². The molecule has 0 N–H and O–H groups in total. The van der Waals surface area contributed by atoms with E-state index in [4.69, 9.17) is 19.9 Å². The molecular formula is C50H43N5. The van der Waals surface area contributed by atoms with Crippen LogP contribution in [0.4, 0.5) is 0 Å². The Bertz CT molecular complexity index is 2430. The molecular weight excluding hydrogens is 671 g/mol. The lowest BCUT2D eigenvalue weighted by Gasteiger charge is -2.50. The molecule has 2 aliphatic carbocycles. The van der Waals surface area contributed by atoms with Crippen molar-refractivity contribution in [3.63, 3.8) is 0 Å². The minimum Gasteiger partial charge on any atom is -0.263 e. The van der Waals surface area contributed by atoms with Gasteiger partial charge in [-0.3, -0.25) is 4.98 Å². The van der Waals surface area contributed by atoms with Crippen molar-refractivity contribution in [1.29, 1.82) is 5.26 Å². The summed E-state index contributed by atoms with van der Waals surface area (Å²) in [5.41, 5.74) is 11.4. The molecule has 2 unspecified atom stereocenters. The van der Waals surface area contributed by atoms with E-state index in [-0.39, 0.29) is 5.41 Å². The number of benzene rings is 5. The Balaban J connectivity index is 1.18. The smallest absolute Gasteiger partial charge is 0.164 e. The normalized spacial score (nSPS) is 20.4. The summed E-state index contributed by atoms with van der Waals surface area (Å²) < 4.78 is 0. The molecule has 0 radical (unpaired) electrons. The lowest BCUT2D eigenvalue weighted by atomic mass is 9.54. The fourth-order valence-corrected chi connectivity index (χ4v) is 9.59. The van der Waals surface area contributed by atoms with Crippen LogP contribution in [-0.2, 0) is 5.41 Å². The van der Waals surface area contributed by atoms with E-state index in [1.54, 1.807) is 0 Å². The summed E-state index contributed by atoms with van der Waals surface area (Å²) in [6.07, 6.45) is 10.4. The number of fused-ring (bicyclic) bond motifs is 2. The first kappa shape index (κ1) is 34.5. The Morgan fingerprint density at radius 1 is 0.491 bits per heavy atom. The van der Waals surface area contributed by atoms with Gasteiger partial charge in [0.1, 0.15) is 0 Å². The third-order valence-corrected chi connectivity index (χ3v) is 11.8. The topological polar surface area (TPSA) is 75.3 Å². The van der Waals surface area contributed by atoms with Crippen LogP contribution < -0.4 is 0 Å². The minimum atomic E-state index is 0.273. The molecule has 0 saturated heterocycles. The van der Waals surface area contributed by atoms with Crippen LogP contribution in [0, 0.1) is 29.1 Å². The van der Waals surface area contributed by atoms with Crippen molar-refractivity contribution in [2.45, 2.75) is 51.4 Å². The van der Waals surface area contributed by atoms with Gasteiger partial charge in [0.2, 0.25) is 0 Å². The second kappa shape index (κ2) is 14.5. The summed E-state index contributed by atoms with van der Waals surface area (Å²) >= 11 is 0. The van der Waals surface area contributed by atoms with Gasteiger partial charge in [0.05, 0.1) is 11.6 Å². The SMILES string of the molecule is CC1C[C@@H]2C[C@H](C)CC(c3ccc(-c4cc(-c5cncc(-c6ccc(C#N)cc6)c5)cc(-c5nc(-c6ccccc6)nc(-c6ccccc6)n5)c4)cc3)(C1)C2. The average Bonchev–Trinajstić information content (AvgIpc) is 3.23. The molecule has 7 aromatic rings. The molecule has 9 rings (SSSR count). The first-order valence-corrected chi connectivity index (χ1v) is 19.5. The Labute approximate surface area is 323 Å². The number of aromatic nitrogens is 4. The van der Waals surface area contributed by atoms with Crippen molar-refractivity contribution >= 4 is 0 Å². The molecule has 5 heteroatoms. The lowest BCUT2D eigenvalue weighted by molar-refractivity contribution is 0.0780. The molecule has 4 atom stereocenters. The van der Waals surface area contributed by atoms with Gasteiger partial charge >= 0.3 is 0 Å². The molecule has 5 aromatic carbocycles. The van der Waals surface area contributed by atoms with Crippen LogP contribution >= 0.6 is 0 Å². The van der Waals surface area contributed by atoms with Crippen molar-refractivity contribution in [3.8, 4) is 73.6 Å². The van der Waals surface area contributed by atoms with E-state index in [0.717, 1.165) is 67.8 Å². The zero-order valence-electron chi connectivity index (χ0n) is 31.4. The van der Waals surface area contributed by atoms with Crippen LogP contribution in [0.1, 0.15) is 57.1 Å². The van der Waals surface area contributed by atoms with Gasteiger partial charge in [-0.25, -0.2) is 15.0 Å².